The summed E-state index contributed by atoms with van der Waals surface area (Å²) in [6.07, 6.45) is 0. The highest BCUT2D eigenvalue weighted by molar-refractivity contribution is 5.35. The molecule has 1 aromatic rings. The van der Waals surface area contributed by atoms with Crippen LogP contribution in [0, 0.1) is 17.1 Å². The summed E-state index contributed by atoms with van der Waals surface area (Å²) in [6.45, 7) is 6.94. The predicted molar refractivity (Wildman–Crippen MR) is 74.6 cm³/mol. The third-order valence-corrected chi connectivity index (χ3v) is 4.20. The average Bonchev–Trinajstić information content (AvgIpc) is 2.45. The minimum absolute atomic E-state index is 0.140. The molecule has 0 spiro atoms. The standard InChI is InChI=1S/C15H19FN4/c16-15-12(8-17)2-1-3-13(15)9-19-10-14(11-19)20-6-4-18-5-7-20/h1-3,14,18H,4-7,9-11H2. The van der Waals surface area contributed by atoms with Gasteiger partial charge < -0.3 is 5.32 Å². The number of nitrogens with zero attached hydrogens (tertiary/aromatic N) is 3. The largest absolute Gasteiger partial charge is 0.314 e. The molecular formula is C15H19FN4. The zero-order valence-corrected chi connectivity index (χ0v) is 11.5. The van der Waals surface area contributed by atoms with Crippen LogP contribution in [0.3, 0.4) is 0 Å². The first-order valence-corrected chi connectivity index (χ1v) is 7.12. The maximum atomic E-state index is 14.0. The van der Waals surface area contributed by atoms with Crippen LogP contribution in [0.1, 0.15) is 11.1 Å². The van der Waals surface area contributed by atoms with Gasteiger partial charge in [-0.25, -0.2) is 4.39 Å². The van der Waals surface area contributed by atoms with E-state index in [1.807, 2.05) is 6.07 Å². The van der Waals surface area contributed by atoms with Crippen LogP contribution >= 0.6 is 0 Å². The summed E-state index contributed by atoms with van der Waals surface area (Å²) in [5.74, 6) is -0.361. The lowest BCUT2D eigenvalue weighted by atomic mass is 10.0. The Morgan fingerprint density at radius 3 is 2.75 bits per heavy atom. The van der Waals surface area contributed by atoms with Crippen LogP contribution in [0.2, 0.25) is 0 Å². The molecule has 0 amide bonds. The minimum Gasteiger partial charge on any atom is -0.314 e. The van der Waals surface area contributed by atoms with E-state index in [1.165, 1.54) is 6.07 Å². The van der Waals surface area contributed by atoms with E-state index in [1.54, 1.807) is 12.1 Å². The number of rotatable bonds is 3. The quantitative estimate of drug-likeness (QED) is 0.885. The lowest BCUT2D eigenvalue weighted by Crippen LogP contribution is -2.62. The van der Waals surface area contributed by atoms with E-state index >= 15 is 0 Å². The normalized spacial score (nSPS) is 21.4. The summed E-state index contributed by atoms with van der Waals surface area (Å²) in [4.78, 5) is 4.75. The Hall–Kier alpha value is -1.48. The van der Waals surface area contributed by atoms with Gasteiger partial charge >= 0.3 is 0 Å². The molecule has 1 N–H and O–H groups in total. The van der Waals surface area contributed by atoms with Crippen molar-refractivity contribution in [2.45, 2.75) is 12.6 Å². The zero-order chi connectivity index (χ0) is 13.9. The lowest BCUT2D eigenvalue weighted by Gasteiger charge is -2.46. The average molecular weight is 274 g/mol. The third-order valence-electron chi connectivity index (χ3n) is 4.20. The first-order chi connectivity index (χ1) is 9.78. The van der Waals surface area contributed by atoms with E-state index in [4.69, 9.17) is 5.26 Å². The number of hydrogen-bond donors (Lipinski definition) is 1. The molecule has 0 radical (unpaired) electrons. The fourth-order valence-corrected chi connectivity index (χ4v) is 2.98. The molecule has 1 aromatic carbocycles. The second kappa shape index (κ2) is 5.88. The van der Waals surface area contributed by atoms with E-state index in [0.29, 0.717) is 18.2 Å². The first-order valence-electron chi connectivity index (χ1n) is 7.12. The van der Waals surface area contributed by atoms with E-state index in [0.717, 1.165) is 39.3 Å². The number of nitriles is 1. The molecule has 2 saturated heterocycles. The molecule has 20 heavy (non-hydrogen) atoms. The smallest absolute Gasteiger partial charge is 0.145 e. The molecule has 5 heteroatoms. The van der Waals surface area contributed by atoms with Gasteiger partial charge in [0.15, 0.2) is 0 Å². The topological polar surface area (TPSA) is 42.3 Å². The Morgan fingerprint density at radius 2 is 2.05 bits per heavy atom. The van der Waals surface area contributed by atoms with Gasteiger partial charge in [0.05, 0.1) is 5.56 Å². The molecule has 106 valence electrons. The third kappa shape index (κ3) is 2.68. The molecule has 0 aliphatic carbocycles. The molecule has 2 aliphatic heterocycles. The molecule has 0 unspecified atom stereocenters. The highest BCUT2D eigenvalue weighted by atomic mass is 19.1. The fraction of sp³-hybridized carbons (Fsp3) is 0.533. The molecule has 2 heterocycles. The summed E-state index contributed by atoms with van der Waals surface area (Å²) in [6, 6.07) is 7.56. The molecule has 0 saturated carbocycles. The number of benzene rings is 1. The van der Waals surface area contributed by atoms with Gasteiger partial charge in [-0.15, -0.1) is 0 Å². The van der Waals surface area contributed by atoms with Crippen LogP contribution in [0.4, 0.5) is 4.39 Å². The number of nitrogens with one attached hydrogen (secondary N) is 1. The summed E-state index contributed by atoms with van der Waals surface area (Å²) < 4.78 is 14.0. The Bertz CT molecular complexity index is 513. The maximum Gasteiger partial charge on any atom is 0.145 e. The van der Waals surface area contributed by atoms with Crippen LogP contribution < -0.4 is 5.32 Å². The van der Waals surface area contributed by atoms with E-state index in [2.05, 4.69) is 15.1 Å². The summed E-state index contributed by atoms with van der Waals surface area (Å²) in [7, 11) is 0. The van der Waals surface area contributed by atoms with Crippen molar-refractivity contribution in [1.29, 1.82) is 5.26 Å². The fourth-order valence-electron chi connectivity index (χ4n) is 2.98. The van der Waals surface area contributed by atoms with Gasteiger partial charge in [0, 0.05) is 57.4 Å². The van der Waals surface area contributed by atoms with Crippen LogP contribution in [-0.4, -0.2) is 55.1 Å². The minimum atomic E-state index is -0.361. The van der Waals surface area contributed by atoms with E-state index in [-0.39, 0.29) is 11.4 Å². The summed E-state index contributed by atoms with van der Waals surface area (Å²) in [5, 5.41) is 12.2. The highest BCUT2D eigenvalue weighted by Gasteiger charge is 2.32. The van der Waals surface area contributed by atoms with Gasteiger partial charge in [-0.2, -0.15) is 5.26 Å². The van der Waals surface area contributed by atoms with Gasteiger partial charge in [0.2, 0.25) is 0 Å². The van der Waals surface area contributed by atoms with Gasteiger partial charge in [0.25, 0.3) is 0 Å². The van der Waals surface area contributed by atoms with Crippen molar-refractivity contribution < 1.29 is 4.39 Å². The van der Waals surface area contributed by atoms with Crippen molar-refractivity contribution in [3.8, 4) is 6.07 Å². The van der Waals surface area contributed by atoms with Crippen molar-refractivity contribution >= 4 is 0 Å². The van der Waals surface area contributed by atoms with Gasteiger partial charge in [-0.1, -0.05) is 12.1 Å². The lowest BCUT2D eigenvalue weighted by molar-refractivity contribution is 0.0217. The van der Waals surface area contributed by atoms with Crippen LogP contribution in [0.5, 0.6) is 0 Å². The zero-order valence-electron chi connectivity index (χ0n) is 11.5. The van der Waals surface area contributed by atoms with Crippen molar-refractivity contribution in [3.63, 3.8) is 0 Å². The van der Waals surface area contributed by atoms with Gasteiger partial charge in [0.1, 0.15) is 11.9 Å². The predicted octanol–water partition coefficient (Wildman–Crippen LogP) is 0.787. The first kappa shape index (κ1) is 13.5. The molecule has 4 nitrogen and oxygen atoms in total. The van der Waals surface area contributed by atoms with Crippen LogP contribution in [-0.2, 0) is 6.54 Å². The number of piperazine rings is 1. The Labute approximate surface area is 118 Å². The molecule has 0 atom stereocenters. The maximum absolute atomic E-state index is 14.0. The molecule has 0 bridgehead atoms. The van der Waals surface area contributed by atoms with E-state index < -0.39 is 0 Å². The van der Waals surface area contributed by atoms with Crippen LogP contribution in [0.15, 0.2) is 18.2 Å². The Morgan fingerprint density at radius 1 is 1.30 bits per heavy atom. The van der Waals surface area contributed by atoms with Crippen molar-refractivity contribution in [3.05, 3.63) is 35.1 Å². The van der Waals surface area contributed by atoms with Crippen molar-refractivity contribution in [1.82, 2.24) is 15.1 Å². The SMILES string of the molecule is N#Cc1cccc(CN2CC(N3CCNCC3)C2)c1F. The number of likely N-dealkylation sites (tertiary alicyclic amines) is 1. The molecular weight excluding hydrogens is 255 g/mol. The monoisotopic (exact) mass is 274 g/mol. The molecule has 3 rings (SSSR count). The van der Waals surface area contributed by atoms with Crippen molar-refractivity contribution in [2.24, 2.45) is 0 Å². The summed E-state index contributed by atoms with van der Waals surface area (Å²) >= 11 is 0. The summed E-state index contributed by atoms with van der Waals surface area (Å²) in [5.41, 5.74) is 0.768. The molecule has 2 aliphatic rings. The highest BCUT2D eigenvalue weighted by Crippen LogP contribution is 2.21. The van der Waals surface area contributed by atoms with E-state index in [9.17, 15) is 4.39 Å². The molecule has 0 aromatic heterocycles. The van der Waals surface area contributed by atoms with Gasteiger partial charge in [-0.05, 0) is 6.07 Å². The molecule has 2 fully saturated rings. The second-order valence-corrected chi connectivity index (χ2v) is 5.52. The number of hydrogen-bond acceptors (Lipinski definition) is 4. The second-order valence-electron chi connectivity index (χ2n) is 5.52. The number of halogens is 1. The van der Waals surface area contributed by atoms with Crippen LogP contribution in [0.25, 0.3) is 0 Å². The van der Waals surface area contributed by atoms with Crippen molar-refractivity contribution in [2.75, 3.05) is 39.3 Å². The van der Waals surface area contributed by atoms with Gasteiger partial charge in [-0.3, -0.25) is 9.80 Å². The Kier molecular flexibility index (Phi) is 3.97. The Balaban J connectivity index is 1.55.